The van der Waals surface area contributed by atoms with E-state index in [9.17, 15) is 23.5 Å². The third-order valence-corrected chi connectivity index (χ3v) is 7.26. The van der Waals surface area contributed by atoms with Gasteiger partial charge in [0, 0.05) is 43.0 Å². The number of aromatic carboxylic acids is 1. The molecular weight excluding hydrogens is 522 g/mol. The molecule has 0 saturated carbocycles. The van der Waals surface area contributed by atoms with Crippen molar-refractivity contribution in [2.75, 3.05) is 18.4 Å². The third-order valence-electron chi connectivity index (χ3n) is 7.26. The quantitative estimate of drug-likeness (QED) is 0.262. The second kappa shape index (κ2) is 12.3. The van der Waals surface area contributed by atoms with E-state index in [-0.39, 0.29) is 34.8 Å². The average Bonchev–Trinajstić information content (AvgIpc) is 2.92. The number of hydrogen-bond acceptors (Lipinski definition) is 5. The first kappa shape index (κ1) is 28.8. The number of halogens is 2. The highest BCUT2D eigenvalue weighted by Gasteiger charge is 2.38. The van der Waals surface area contributed by atoms with E-state index in [1.165, 1.54) is 42.5 Å². The number of carbonyl (C=O) groups is 2. The Labute approximate surface area is 231 Å². The summed E-state index contributed by atoms with van der Waals surface area (Å²) in [4.78, 5) is 25.9. The van der Waals surface area contributed by atoms with Crippen molar-refractivity contribution in [3.8, 4) is 23.0 Å². The Bertz CT molecular complexity index is 1350. The van der Waals surface area contributed by atoms with Gasteiger partial charge in [0.1, 0.15) is 23.0 Å². The van der Waals surface area contributed by atoms with Gasteiger partial charge in [0.05, 0.1) is 11.2 Å². The van der Waals surface area contributed by atoms with E-state index < -0.39 is 23.2 Å². The fourth-order valence-electron chi connectivity index (χ4n) is 5.00. The highest BCUT2D eigenvalue weighted by atomic mass is 19.2. The lowest BCUT2D eigenvalue weighted by molar-refractivity contribution is -0.0619. The molecule has 4 rings (SSSR count). The molecule has 1 aliphatic heterocycles. The second-order valence-electron chi connectivity index (χ2n) is 9.84. The summed E-state index contributed by atoms with van der Waals surface area (Å²) < 4.78 is 38.7. The lowest BCUT2D eigenvalue weighted by Crippen LogP contribution is -2.51. The first-order chi connectivity index (χ1) is 19.1. The Morgan fingerprint density at radius 3 is 2.00 bits per heavy atom. The molecule has 0 spiro atoms. The Hall–Kier alpha value is -4.18. The van der Waals surface area contributed by atoms with Crippen LogP contribution in [0.1, 0.15) is 49.9 Å². The molecule has 3 aromatic carbocycles. The van der Waals surface area contributed by atoms with Crippen LogP contribution in [-0.2, 0) is 0 Å². The molecule has 3 N–H and O–H groups in total. The Morgan fingerprint density at radius 2 is 1.45 bits per heavy atom. The molecule has 0 unspecified atom stereocenters. The van der Waals surface area contributed by atoms with E-state index in [4.69, 9.17) is 14.6 Å². The fraction of sp³-hybridized carbons (Fsp3) is 0.333. The van der Waals surface area contributed by atoms with Gasteiger partial charge in [-0.3, -0.25) is 0 Å². The van der Waals surface area contributed by atoms with Gasteiger partial charge in [0.25, 0.3) is 0 Å². The standard InChI is InChI=1S/C30H32F2N2O6/c1-3-20(4-2)30(38)11-13-34(14-12-30)29(37)33-21-15-24(39-22-7-5-19(6-8-22)28(35)36)17-25(16-21)40-23-9-10-26(31)27(32)18-23/h5-10,15-18,20,38H,3-4,11-14H2,1-2H3,(H,33,37)(H,35,36). The molecular formula is C30H32F2N2O6. The molecule has 0 aromatic heterocycles. The predicted octanol–water partition coefficient (Wildman–Crippen LogP) is 7.04. The molecule has 40 heavy (non-hydrogen) atoms. The van der Waals surface area contributed by atoms with Crippen molar-refractivity contribution < 1.29 is 38.1 Å². The lowest BCUT2D eigenvalue weighted by atomic mass is 9.77. The number of nitrogens with one attached hydrogen (secondary N) is 1. The van der Waals surface area contributed by atoms with Crippen LogP contribution in [0.3, 0.4) is 0 Å². The maximum absolute atomic E-state index is 13.7. The minimum absolute atomic E-state index is 0.0378. The van der Waals surface area contributed by atoms with Crippen LogP contribution in [0.4, 0.5) is 19.3 Å². The van der Waals surface area contributed by atoms with Gasteiger partial charge >= 0.3 is 12.0 Å². The number of rotatable bonds is 9. The van der Waals surface area contributed by atoms with Gasteiger partial charge in [-0.05, 0) is 55.2 Å². The largest absolute Gasteiger partial charge is 0.478 e. The van der Waals surface area contributed by atoms with Crippen molar-refractivity contribution in [2.24, 2.45) is 5.92 Å². The molecule has 0 bridgehead atoms. The van der Waals surface area contributed by atoms with Crippen molar-refractivity contribution in [3.05, 3.63) is 77.9 Å². The van der Waals surface area contributed by atoms with Crippen molar-refractivity contribution in [2.45, 2.75) is 45.1 Å². The van der Waals surface area contributed by atoms with E-state index >= 15 is 0 Å². The van der Waals surface area contributed by atoms with Crippen LogP contribution in [0.15, 0.2) is 60.7 Å². The van der Waals surface area contributed by atoms with Gasteiger partial charge in [0.2, 0.25) is 0 Å². The van der Waals surface area contributed by atoms with E-state index in [0.717, 1.165) is 25.0 Å². The van der Waals surface area contributed by atoms with Gasteiger partial charge in [-0.1, -0.05) is 26.7 Å². The van der Waals surface area contributed by atoms with Crippen LogP contribution in [0.25, 0.3) is 0 Å². The summed E-state index contributed by atoms with van der Waals surface area (Å²) in [7, 11) is 0. The number of likely N-dealkylation sites (tertiary alicyclic amines) is 1. The van der Waals surface area contributed by atoms with E-state index in [2.05, 4.69) is 19.2 Å². The highest BCUT2D eigenvalue weighted by Crippen LogP contribution is 2.35. The Morgan fingerprint density at radius 1 is 0.875 bits per heavy atom. The van der Waals surface area contributed by atoms with Crippen LogP contribution in [-0.4, -0.2) is 45.8 Å². The van der Waals surface area contributed by atoms with Crippen molar-refractivity contribution in [1.29, 1.82) is 0 Å². The van der Waals surface area contributed by atoms with Gasteiger partial charge in [-0.15, -0.1) is 0 Å². The third kappa shape index (κ3) is 6.87. The predicted molar refractivity (Wildman–Crippen MR) is 145 cm³/mol. The zero-order valence-corrected chi connectivity index (χ0v) is 22.3. The average molecular weight is 555 g/mol. The summed E-state index contributed by atoms with van der Waals surface area (Å²) in [6.45, 7) is 4.90. The molecule has 8 nitrogen and oxygen atoms in total. The zero-order chi connectivity index (χ0) is 28.9. The highest BCUT2D eigenvalue weighted by molar-refractivity contribution is 5.90. The Balaban J connectivity index is 1.54. The number of benzene rings is 3. The molecule has 212 valence electrons. The lowest BCUT2D eigenvalue weighted by Gasteiger charge is -2.42. The minimum Gasteiger partial charge on any atom is -0.478 e. The van der Waals surface area contributed by atoms with Crippen molar-refractivity contribution in [3.63, 3.8) is 0 Å². The van der Waals surface area contributed by atoms with Gasteiger partial charge in [-0.2, -0.15) is 0 Å². The van der Waals surface area contributed by atoms with Crippen LogP contribution in [0.2, 0.25) is 0 Å². The molecule has 1 saturated heterocycles. The topological polar surface area (TPSA) is 108 Å². The van der Waals surface area contributed by atoms with Crippen LogP contribution in [0.5, 0.6) is 23.0 Å². The molecule has 0 atom stereocenters. The second-order valence-corrected chi connectivity index (χ2v) is 9.84. The molecule has 1 fully saturated rings. The van der Waals surface area contributed by atoms with Crippen molar-refractivity contribution in [1.82, 2.24) is 4.90 Å². The van der Waals surface area contributed by atoms with Gasteiger partial charge in [0.15, 0.2) is 11.6 Å². The van der Waals surface area contributed by atoms with Crippen LogP contribution < -0.4 is 14.8 Å². The normalized spacial score (nSPS) is 14.6. The molecule has 0 radical (unpaired) electrons. The number of piperidine rings is 1. The van der Waals surface area contributed by atoms with Gasteiger partial charge < -0.3 is 29.9 Å². The van der Waals surface area contributed by atoms with E-state index in [1.54, 1.807) is 11.0 Å². The number of carbonyl (C=O) groups excluding carboxylic acids is 1. The number of carboxylic acids is 1. The summed E-state index contributed by atoms with van der Waals surface area (Å²) in [5, 5.41) is 23.0. The maximum Gasteiger partial charge on any atom is 0.335 e. The number of anilines is 1. The molecule has 0 aliphatic carbocycles. The fourth-order valence-corrected chi connectivity index (χ4v) is 5.00. The zero-order valence-electron chi connectivity index (χ0n) is 22.3. The number of carboxylic acid groups (broad SMARTS) is 1. The SMILES string of the molecule is CCC(CC)C1(O)CCN(C(=O)Nc2cc(Oc3ccc(C(=O)O)cc3)cc(Oc3ccc(F)c(F)c3)c2)CC1. The summed E-state index contributed by atoms with van der Waals surface area (Å²) in [5.41, 5.74) is -0.383. The minimum atomic E-state index is -1.07. The first-order valence-corrected chi connectivity index (χ1v) is 13.2. The summed E-state index contributed by atoms with van der Waals surface area (Å²) in [5.74, 6) is -2.18. The monoisotopic (exact) mass is 554 g/mol. The maximum atomic E-state index is 13.7. The van der Waals surface area contributed by atoms with Crippen LogP contribution >= 0.6 is 0 Å². The summed E-state index contributed by atoms with van der Waals surface area (Å²) in [6, 6.07) is 13.1. The number of ether oxygens (including phenoxy) is 2. The van der Waals surface area contributed by atoms with Gasteiger partial charge in [-0.25, -0.2) is 18.4 Å². The number of hydrogen-bond donors (Lipinski definition) is 3. The number of amides is 2. The number of urea groups is 1. The molecule has 2 amide bonds. The van der Waals surface area contributed by atoms with E-state index in [1.807, 2.05) is 0 Å². The first-order valence-electron chi connectivity index (χ1n) is 13.2. The van der Waals surface area contributed by atoms with Crippen LogP contribution in [0, 0.1) is 17.6 Å². The van der Waals surface area contributed by atoms with E-state index in [0.29, 0.717) is 37.4 Å². The van der Waals surface area contributed by atoms with Crippen molar-refractivity contribution >= 4 is 17.7 Å². The smallest absolute Gasteiger partial charge is 0.335 e. The molecule has 10 heteroatoms. The summed E-state index contributed by atoms with van der Waals surface area (Å²) in [6.07, 6.45) is 2.69. The molecule has 3 aromatic rings. The molecule has 1 heterocycles. The molecule has 1 aliphatic rings. The number of nitrogens with zero attached hydrogens (tertiary/aromatic N) is 1. The number of aliphatic hydroxyl groups is 1. The summed E-state index contributed by atoms with van der Waals surface area (Å²) >= 11 is 0. The Kier molecular flexibility index (Phi) is 8.89.